The molecule has 0 saturated heterocycles. The molecular weight excluding hydrogens is 426 g/mol. The van der Waals surface area contributed by atoms with Crippen molar-refractivity contribution in [3.63, 3.8) is 0 Å². The number of carbonyl (C=O) groups excluding carboxylic acids is 1. The number of hydrogen-bond donors (Lipinski definition) is 3. The highest BCUT2D eigenvalue weighted by Gasteiger charge is 2.16. The Morgan fingerprint density at radius 3 is 2.70 bits per heavy atom. The van der Waals surface area contributed by atoms with E-state index in [9.17, 15) is 13.2 Å². The van der Waals surface area contributed by atoms with Gasteiger partial charge in [0.1, 0.15) is 12.1 Å². The number of nitrogens with one attached hydrogen (secondary N) is 3. The number of rotatable bonds is 10. The van der Waals surface area contributed by atoms with Crippen LogP contribution in [0.15, 0.2) is 64.9 Å². The van der Waals surface area contributed by atoms with Gasteiger partial charge in [0, 0.05) is 18.0 Å². The van der Waals surface area contributed by atoms with Gasteiger partial charge in [0.05, 0.1) is 4.90 Å². The van der Waals surface area contributed by atoms with E-state index in [1.165, 1.54) is 30.2 Å². The summed E-state index contributed by atoms with van der Waals surface area (Å²) < 4.78 is 33.1. The summed E-state index contributed by atoms with van der Waals surface area (Å²) in [5, 5.41) is 9.90. The largest absolute Gasteiger partial charge is 0.484 e. The summed E-state index contributed by atoms with van der Waals surface area (Å²) in [7, 11) is -3.72. The minimum Gasteiger partial charge on any atom is -0.484 e. The van der Waals surface area contributed by atoms with E-state index in [2.05, 4.69) is 25.2 Å². The molecule has 0 fully saturated rings. The average molecular weight is 448 g/mol. The van der Waals surface area contributed by atoms with Gasteiger partial charge in [-0.3, -0.25) is 14.6 Å². The van der Waals surface area contributed by atoms with E-state index in [1.807, 2.05) is 0 Å². The Labute approximate surface area is 178 Å². The molecule has 3 rings (SSSR count). The van der Waals surface area contributed by atoms with Crippen LogP contribution in [0.1, 0.15) is 5.56 Å². The maximum Gasteiger partial charge on any atom is 0.261 e. The van der Waals surface area contributed by atoms with Crippen LogP contribution in [-0.2, 0) is 14.8 Å². The van der Waals surface area contributed by atoms with Gasteiger partial charge in [-0.1, -0.05) is 30.0 Å². The lowest BCUT2D eigenvalue weighted by Gasteiger charge is -2.12. The predicted molar refractivity (Wildman–Crippen MR) is 114 cm³/mol. The van der Waals surface area contributed by atoms with Crippen molar-refractivity contribution in [3.8, 4) is 5.75 Å². The van der Waals surface area contributed by atoms with E-state index in [4.69, 9.17) is 4.74 Å². The number of anilines is 1. The van der Waals surface area contributed by atoms with Crippen molar-refractivity contribution in [1.82, 2.24) is 20.5 Å². The second kappa shape index (κ2) is 10.1. The monoisotopic (exact) mass is 447 g/mol. The van der Waals surface area contributed by atoms with Crippen molar-refractivity contribution < 1.29 is 17.9 Å². The van der Waals surface area contributed by atoms with Crippen LogP contribution >= 0.6 is 11.8 Å². The van der Waals surface area contributed by atoms with Crippen molar-refractivity contribution in [2.45, 2.75) is 17.0 Å². The second-order valence-corrected chi connectivity index (χ2v) is 8.94. The van der Waals surface area contributed by atoms with E-state index in [-0.39, 0.29) is 17.4 Å². The van der Waals surface area contributed by atoms with Crippen LogP contribution < -0.4 is 14.8 Å². The first-order chi connectivity index (χ1) is 14.4. The number of ether oxygens (including phenoxy) is 1. The van der Waals surface area contributed by atoms with Gasteiger partial charge in [-0.15, -0.1) is 0 Å². The summed E-state index contributed by atoms with van der Waals surface area (Å²) >= 11 is 1.44. The number of nitrogens with zero attached hydrogens (tertiary/aromatic N) is 2. The number of thioether (sulfide) groups is 1. The lowest BCUT2D eigenvalue weighted by molar-refractivity contribution is -0.122. The van der Waals surface area contributed by atoms with Crippen molar-refractivity contribution in [2.24, 2.45) is 0 Å². The molecule has 0 aliphatic carbocycles. The number of aromatic amines is 1. The van der Waals surface area contributed by atoms with Crippen LogP contribution in [0.2, 0.25) is 0 Å². The summed E-state index contributed by atoms with van der Waals surface area (Å²) in [4.78, 5) is 16.0. The standard InChI is InChI=1S/C19H21N5O4S2/c1-14-11-16(30(26,27)24-15-5-3-2-4-6-15)7-8-17(14)28-12-18(25)20-9-10-29-19-21-13-22-23-19/h2-8,11,13,24H,9-10,12H2,1H3,(H,20,25)(H,21,22,23). The fourth-order valence-corrected chi connectivity index (χ4v) is 4.25. The van der Waals surface area contributed by atoms with Crippen molar-refractivity contribution in [2.75, 3.05) is 23.6 Å². The smallest absolute Gasteiger partial charge is 0.261 e. The van der Waals surface area contributed by atoms with Gasteiger partial charge in [0.25, 0.3) is 15.9 Å². The van der Waals surface area contributed by atoms with E-state index >= 15 is 0 Å². The molecule has 0 saturated carbocycles. The molecule has 0 bridgehead atoms. The SMILES string of the molecule is Cc1cc(S(=O)(=O)Nc2ccccc2)ccc1OCC(=O)NCCSc1ncn[nH]1. The molecule has 11 heteroatoms. The molecule has 3 aromatic rings. The second-order valence-electron chi connectivity index (χ2n) is 6.18. The Balaban J connectivity index is 1.49. The van der Waals surface area contributed by atoms with Crippen LogP contribution in [0.25, 0.3) is 0 Å². The normalized spacial score (nSPS) is 11.1. The fraction of sp³-hybridized carbons (Fsp3) is 0.211. The number of benzene rings is 2. The average Bonchev–Trinajstić information content (AvgIpc) is 3.24. The van der Waals surface area contributed by atoms with Crippen molar-refractivity contribution in [3.05, 3.63) is 60.4 Å². The van der Waals surface area contributed by atoms with E-state index in [0.29, 0.717) is 34.5 Å². The summed E-state index contributed by atoms with van der Waals surface area (Å²) in [6.45, 7) is 2.01. The van der Waals surface area contributed by atoms with Gasteiger partial charge in [0.2, 0.25) is 0 Å². The third-order valence-corrected chi connectivity index (χ3v) is 6.15. The number of aromatic nitrogens is 3. The van der Waals surface area contributed by atoms with Crippen LogP contribution in [0.4, 0.5) is 5.69 Å². The van der Waals surface area contributed by atoms with Crippen LogP contribution in [0.3, 0.4) is 0 Å². The number of carbonyl (C=O) groups is 1. The van der Waals surface area contributed by atoms with Gasteiger partial charge in [0.15, 0.2) is 11.8 Å². The number of hydrogen-bond acceptors (Lipinski definition) is 7. The van der Waals surface area contributed by atoms with Gasteiger partial charge in [-0.25, -0.2) is 13.4 Å². The Hall–Kier alpha value is -3.05. The summed E-state index contributed by atoms with van der Waals surface area (Å²) in [5.41, 5.74) is 1.09. The molecule has 0 spiro atoms. The van der Waals surface area contributed by atoms with Gasteiger partial charge >= 0.3 is 0 Å². The summed E-state index contributed by atoms with van der Waals surface area (Å²) in [6.07, 6.45) is 1.42. The van der Waals surface area contributed by atoms with Crippen molar-refractivity contribution in [1.29, 1.82) is 0 Å². The molecule has 1 amide bonds. The number of amides is 1. The number of H-pyrrole nitrogens is 1. The zero-order valence-electron chi connectivity index (χ0n) is 16.2. The van der Waals surface area contributed by atoms with Gasteiger partial charge < -0.3 is 10.1 Å². The minimum absolute atomic E-state index is 0.116. The molecule has 0 aliphatic rings. The highest BCUT2D eigenvalue weighted by atomic mass is 32.2. The topological polar surface area (TPSA) is 126 Å². The molecule has 0 radical (unpaired) electrons. The molecule has 9 nitrogen and oxygen atoms in total. The molecule has 158 valence electrons. The first kappa shape index (κ1) is 21.7. The predicted octanol–water partition coefficient (Wildman–Crippen LogP) is 2.20. The van der Waals surface area contributed by atoms with Gasteiger partial charge in [-0.2, -0.15) is 5.10 Å². The van der Waals surface area contributed by atoms with E-state index in [0.717, 1.165) is 0 Å². The molecule has 2 aromatic carbocycles. The zero-order chi connectivity index (χ0) is 21.4. The minimum atomic E-state index is -3.72. The highest BCUT2D eigenvalue weighted by Crippen LogP contribution is 2.23. The van der Waals surface area contributed by atoms with Crippen LogP contribution in [-0.4, -0.2) is 48.4 Å². The molecule has 1 heterocycles. The van der Waals surface area contributed by atoms with E-state index in [1.54, 1.807) is 43.3 Å². The first-order valence-electron chi connectivity index (χ1n) is 9.00. The molecule has 0 unspecified atom stereocenters. The summed E-state index contributed by atoms with van der Waals surface area (Å²) in [6, 6.07) is 13.1. The molecule has 30 heavy (non-hydrogen) atoms. The number of sulfonamides is 1. The molecule has 1 aromatic heterocycles. The lowest BCUT2D eigenvalue weighted by atomic mass is 10.2. The molecule has 0 atom stereocenters. The Morgan fingerprint density at radius 1 is 1.20 bits per heavy atom. The zero-order valence-corrected chi connectivity index (χ0v) is 17.8. The molecule has 3 N–H and O–H groups in total. The highest BCUT2D eigenvalue weighted by molar-refractivity contribution is 7.99. The fourth-order valence-electron chi connectivity index (χ4n) is 2.47. The quantitative estimate of drug-likeness (QED) is 0.321. The van der Waals surface area contributed by atoms with Crippen LogP contribution in [0.5, 0.6) is 5.75 Å². The van der Waals surface area contributed by atoms with E-state index < -0.39 is 10.0 Å². The molecular formula is C19H21N5O4S2. The van der Waals surface area contributed by atoms with Gasteiger partial charge in [-0.05, 0) is 42.8 Å². The maximum absolute atomic E-state index is 12.5. The van der Waals surface area contributed by atoms with Crippen molar-refractivity contribution >= 4 is 33.4 Å². The lowest BCUT2D eigenvalue weighted by Crippen LogP contribution is -2.30. The number of aryl methyl sites for hydroxylation is 1. The third-order valence-electron chi connectivity index (χ3n) is 3.90. The molecule has 0 aliphatic heterocycles. The first-order valence-corrected chi connectivity index (χ1v) is 11.5. The van der Waals surface area contributed by atoms with Crippen LogP contribution in [0, 0.1) is 6.92 Å². The Kier molecular flexibility index (Phi) is 7.31. The summed E-state index contributed by atoms with van der Waals surface area (Å²) in [5.74, 6) is 0.816. The Bertz CT molecular complexity index is 1070. The maximum atomic E-state index is 12.5. The third kappa shape index (κ3) is 6.22. The number of para-hydroxylation sites is 1. The Morgan fingerprint density at radius 2 is 2.00 bits per heavy atom.